The standard InChI is InChI=1S/C19H23N3O/c1-2-11-22-14-17(12-19(22)23)21-13-15-6-8-16(9-7-15)18-5-3-4-10-20-18/h3-10,17,21H,2,11-14H2,1H3. The molecule has 1 amide bonds. The first-order chi connectivity index (χ1) is 11.3. The van der Waals surface area contributed by atoms with Crippen LogP contribution in [-0.2, 0) is 11.3 Å². The SMILES string of the molecule is CCCN1CC(NCc2ccc(-c3ccccn3)cc2)CC1=O. The number of amides is 1. The van der Waals surface area contributed by atoms with Crippen molar-refractivity contribution in [3.05, 3.63) is 54.2 Å². The zero-order chi connectivity index (χ0) is 16.1. The molecule has 0 saturated carbocycles. The van der Waals surface area contributed by atoms with E-state index in [2.05, 4.69) is 41.5 Å². The van der Waals surface area contributed by atoms with Crippen LogP contribution in [0.15, 0.2) is 48.7 Å². The van der Waals surface area contributed by atoms with Crippen LogP contribution in [0.1, 0.15) is 25.3 Å². The van der Waals surface area contributed by atoms with Crippen molar-refractivity contribution in [1.29, 1.82) is 0 Å². The third-order valence-corrected chi connectivity index (χ3v) is 4.22. The summed E-state index contributed by atoms with van der Waals surface area (Å²) in [5, 5.41) is 3.50. The fourth-order valence-electron chi connectivity index (χ4n) is 2.98. The number of likely N-dealkylation sites (tertiary alicyclic amines) is 1. The Balaban J connectivity index is 1.54. The van der Waals surface area contributed by atoms with Crippen LogP contribution in [0.5, 0.6) is 0 Å². The van der Waals surface area contributed by atoms with Gasteiger partial charge < -0.3 is 10.2 Å². The molecule has 1 saturated heterocycles. The fraction of sp³-hybridized carbons (Fsp3) is 0.368. The molecule has 1 aliphatic rings. The van der Waals surface area contributed by atoms with E-state index in [9.17, 15) is 4.79 Å². The molecular weight excluding hydrogens is 286 g/mol. The molecule has 0 radical (unpaired) electrons. The summed E-state index contributed by atoms with van der Waals surface area (Å²) in [5.74, 6) is 0.273. The summed E-state index contributed by atoms with van der Waals surface area (Å²) in [7, 11) is 0. The quantitative estimate of drug-likeness (QED) is 0.892. The van der Waals surface area contributed by atoms with Gasteiger partial charge in [-0.25, -0.2) is 0 Å². The van der Waals surface area contributed by atoms with Gasteiger partial charge in [-0.15, -0.1) is 0 Å². The minimum absolute atomic E-state index is 0.268. The highest BCUT2D eigenvalue weighted by Crippen LogP contribution is 2.17. The van der Waals surface area contributed by atoms with Crippen LogP contribution in [0, 0.1) is 0 Å². The predicted octanol–water partition coefficient (Wildman–Crippen LogP) is 2.85. The van der Waals surface area contributed by atoms with Gasteiger partial charge in [0.05, 0.1) is 5.69 Å². The average Bonchev–Trinajstić information content (AvgIpc) is 2.95. The van der Waals surface area contributed by atoms with Crippen LogP contribution < -0.4 is 5.32 Å². The molecule has 4 heteroatoms. The topological polar surface area (TPSA) is 45.2 Å². The number of nitrogens with one attached hydrogen (secondary N) is 1. The van der Waals surface area contributed by atoms with Crippen molar-refractivity contribution in [2.45, 2.75) is 32.4 Å². The maximum Gasteiger partial charge on any atom is 0.224 e. The van der Waals surface area contributed by atoms with Crippen molar-refractivity contribution in [2.75, 3.05) is 13.1 Å². The second kappa shape index (κ2) is 7.38. The van der Waals surface area contributed by atoms with Crippen molar-refractivity contribution in [3.8, 4) is 11.3 Å². The van der Waals surface area contributed by atoms with E-state index in [1.807, 2.05) is 29.3 Å². The number of hydrogen-bond acceptors (Lipinski definition) is 3. The van der Waals surface area contributed by atoms with Crippen molar-refractivity contribution in [2.24, 2.45) is 0 Å². The second-order valence-corrected chi connectivity index (χ2v) is 6.03. The normalized spacial score (nSPS) is 17.7. The summed E-state index contributed by atoms with van der Waals surface area (Å²) in [5.41, 5.74) is 3.34. The van der Waals surface area contributed by atoms with Crippen molar-refractivity contribution >= 4 is 5.91 Å². The van der Waals surface area contributed by atoms with Gasteiger partial charge in [-0.2, -0.15) is 0 Å². The molecule has 1 N–H and O–H groups in total. The molecule has 1 unspecified atom stereocenters. The summed E-state index contributed by atoms with van der Waals surface area (Å²) in [6.45, 7) is 4.60. The Kier molecular flexibility index (Phi) is 5.03. The fourth-order valence-corrected chi connectivity index (χ4v) is 2.98. The minimum Gasteiger partial charge on any atom is -0.341 e. The van der Waals surface area contributed by atoms with E-state index in [1.54, 1.807) is 0 Å². The van der Waals surface area contributed by atoms with E-state index in [0.717, 1.165) is 37.3 Å². The van der Waals surface area contributed by atoms with E-state index in [0.29, 0.717) is 6.42 Å². The lowest BCUT2D eigenvalue weighted by Crippen LogP contribution is -2.32. The monoisotopic (exact) mass is 309 g/mol. The number of rotatable bonds is 6. The molecule has 1 aliphatic heterocycles. The highest BCUT2D eigenvalue weighted by atomic mass is 16.2. The Morgan fingerprint density at radius 1 is 1.22 bits per heavy atom. The summed E-state index contributed by atoms with van der Waals surface area (Å²) in [6.07, 6.45) is 3.45. The zero-order valence-corrected chi connectivity index (χ0v) is 13.5. The number of carbonyl (C=O) groups is 1. The maximum atomic E-state index is 11.9. The first-order valence-corrected chi connectivity index (χ1v) is 8.27. The number of aromatic nitrogens is 1. The van der Waals surface area contributed by atoms with Crippen LogP contribution in [-0.4, -0.2) is 34.9 Å². The first kappa shape index (κ1) is 15.7. The van der Waals surface area contributed by atoms with Gasteiger partial charge in [-0.1, -0.05) is 37.3 Å². The van der Waals surface area contributed by atoms with E-state index in [4.69, 9.17) is 0 Å². The molecule has 23 heavy (non-hydrogen) atoms. The Morgan fingerprint density at radius 3 is 2.74 bits per heavy atom. The summed E-state index contributed by atoms with van der Waals surface area (Å²) in [6, 6.07) is 14.6. The van der Waals surface area contributed by atoms with E-state index < -0.39 is 0 Å². The van der Waals surface area contributed by atoms with Gasteiger partial charge in [0.2, 0.25) is 5.91 Å². The zero-order valence-electron chi connectivity index (χ0n) is 13.5. The van der Waals surface area contributed by atoms with Crippen molar-refractivity contribution in [1.82, 2.24) is 15.2 Å². The predicted molar refractivity (Wildman–Crippen MR) is 91.8 cm³/mol. The van der Waals surface area contributed by atoms with Crippen molar-refractivity contribution < 1.29 is 4.79 Å². The lowest BCUT2D eigenvalue weighted by atomic mass is 10.1. The lowest BCUT2D eigenvalue weighted by molar-refractivity contribution is -0.127. The maximum absolute atomic E-state index is 11.9. The van der Waals surface area contributed by atoms with Crippen LogP contribution in [0.2, 0.25) is 0 Å². The van der Waals surface area contributed by atoms with Gasteiger partial charge in [0, 0.05) is 43.9 Å². The molecule has 1 atom stereocenters. The van der Waals surface area contributed by atoms with Gasteiger partial charge in [0.15, 0.2) is 0 Å². The van der Waals surface area contributed by atoms with Crippen molar-refractivity contribution in [3.63, 3.8) is 0 Å². The average molecular weight is 309 g/mol. The number of carbonyl (C=O) groups excluding carboxylic acids is 1. The summed E-state index contributed by atoms with van der Waals surface area (Å²) in [4.78, 5) is 18.2. The van der Waals surface area contributed by atoms with Crippen LogP contribution >= 0.6 is 0 Å². The molecule has 1 aromatic carbocycles. The largest absolute Gasteiger partial charge is 0.341 e. The lowest BCUT2D eigenvalue weighted by Gasteiger charge is -2.16. The van der Waals surface area contributed by atoms with Gasteiger partial charge in [0.25, 0.3) is 0 Å². The third kappa shape index (κ3) is 3.96. The highest BCUT2D eigenvalue weighted by molar-refractivity contribution is 5.79. The molecule has 2 heterocycles. The molecule has 120 valence electrons. The third-order valence-electron chi connectivity index (χ3n) is 4.22. The van der Waals surface area contributed by atoms with Crippen LogP contribution in [0.3, 0.4) is 0 Å². The van der Waals surface area contributed by atoms with Gasteiger partial charge in [-0.3, -0.25) is 9.78 Å². The molecule has 3 rings (SSSR count). The highest BCUT2D eigenvalue weighted by Gasteiger charge is 2.28. The smallest absolute Gasteiger partial charge is 0.224 e. The first-order valence-electron chi connectivity index (χ1n) is 8.27. The van der Waals surface area contributed by atoms with E-state index in [1.165, 1.54) is 5.56 Å². The van der Waals surface area contributed by atoms with Crippen LogP contribution in [0.4, 0.5) is 0 Å². The summed E-state index contributed by atoms with van der Waals surface area (Å²) < 4.78 is 0. The minimum atomic E-state index is 0.268. The summed E-state index contributed by atoms with van der Waals surface area (Å²) >= 11 is 0. The molecule has 0 spiro atoms. The number of hydrogen-bond donors (Lipinski definition) is 1. The van der Waals surface area contributed by atoms with Gasteiger partial charge in [0.1, 0.15) is 0 Å². The Hall–Kier alpha value is -2.20. The Morgan fingerprint density at radius 2 is 2.04 bits per heavy atom. The molecule has 0 bridgehead atoms. The second-order valence-electron chi connectivity index (χ2n) is 6.03. The molecule has 1 fully saturated rings. The number of benzene rings is 1. The van der Waals surface area contributed by atoms with Gasteiger partial charge >= 0.3 is 0 Å². The van der Waals surface area contributed by atoms with E-state index >= 15 is 0 Å². The number of pyridine rings is 1. The molecule has 0 aliphatic carbocycles. The van der Waals surface area contributed by atoms with Crippen LogP contribution in [0.25, 0.3) is 11.3 Å². The van der Waals surface area contributed by atoms with E-state index in [-0.39, 0.29) is 11.9 Å². The van der Waals surface area contributed by atoms with Gasteiger partial charge in [-0.05, 0) is 24.1 Å². The molecule has 1 aromatic heterocycles. The Labute approximate surface area is 137 Å². The molecule has 4 nitrogen and oxygen atoms in total. The Bertz CT molecular complexity index is 639. The number of nitrogens with zero attached hydrogens (tertiary/aromatic N) is 2. The molecule has 2 aromatic rings. The molecular formula is C19H23N3O.